The van der Waals surface area contributed by atoms with Crippen LogP contribution in [0, 0.1) is 0 Å². The number of nitrogens with one attached hydrogen (secondary N) is 1. The van der Waals surface area contributed by atoms with Crippen LogP contribution in [0.1, 0.15) is 18.9 Å². The Balaban J connectivity index is 1.56. The summed E-state index contributed by atoms with van der Waals surface area (Å²) in [6.07, 6.45) is -0.254. The first kappa shape index (κ1) is 19.4. The molecule has 0 unspecified atom stereocenters. The van der Waals surface area contributed by atoms with E-state index in [0.717, 1.165) is 15.9 Å². The summed E-state index contributed by atoms with van der Waals surface area (Å²) in [7, 11) is 1.87. The van der Waals surface area contributed by atoms with Crippen molar-refractivity contribution in [2.75, 3.05) is 11.1 Å². The van der Waals surface area contributed by atoms with Crippen molar-refractivity contribution >= 4 is 39.3 Å². The van der Waals surface area contributed by atoms with Crippen LogP contribution in [0.5, 0.6) is 5.75 Å². The zero-order valence-electron chi connectivity index (χ0n) is 14.9. The first-order chi connectivity index (χ1) is 13.0. The molecule has 0 aliphatic rings. The highest BCUT2D eigenvalue weighted by molar-refractivity contribution is 9.10. The van der Waals surface area contributed by atoms with Gasteiger partial charge in [-0.05, 0) is 43.3 Å². The molecule has 1 N–H and O–H groups in total. The molecular formula is C19H19BrN4O2S. The number of benzene rings is 2. The van der Waals surface area contributed by atoms with Gasteiger partial charge in [0.05, 0.1) is 5.75 Å². The molecule has 1 atom stereocenters. The average molecular weight is 447 g/mol. The topological polar surface area (TPSA) is 69.0 Å². The number of amides is 1. The first-order valence-electron chi connectivity index (χ1n) is 8.32. The van der Waals surface area contributed by atoms with E-state index in [9.17, 15) is 4.79 Å². The van der Waals surface area contributed by atoms with Gasteiger partial charge in [0.2, 0.25) is 5.91 Å². The van der Waals surface area contributed by atoms with Crippen LogP contribution in [0.4, 0.5) is 5.69 Å². The summed E-state index contributed by atoms with van der Waals surface area (Å²) in [6, 6.07) is 17.0. The third-order valence-corrected chi connectivity index (χ3v) is 5.30. The van der Waals surface area contributed by atoms with E-state index >= 15 is 0 Å². The lowest BCUT2D eigenvalue weighted by atomic mass is 10.3. The highest BCUT2D eigenvalue weighted by Gasteiger charge is 2.18. The van der Waals surface area contributed by atoms with Crippen LogP contribution in [0.3, 0.4) is 0 Å². The van der Waals surface area contributed by atoms with E-state index in [1.165, 1.54) is 11.8 Å². The molecule has 0 fully saturated rings. The fraction of sp³-hybridized carbons (Fsp3) is 0.211. The number of ether oxygens (including phenoxy) is 1. The molecule has 0 radical (unpaired) electrons. The maximum Gasteiger partial charge on any atom is 0.234 e. The van der Waals surface area contributed by atoms with Crippen molar-refractivity contribution in [2.45, 2.75) is 18.2 Å². The number of anilines is 1. The van der Waals surface area contributed by atoms with E-state index in [0.29, 0.717) is 11.0 Å². The summed E-state index contributed by atoms with van der Waals surface area (Å²) < 4.78 is 8.71. The van der Waals surface area contributed by atoms with Crippen LogP contribution in [0.15, 0.2) is 64.2 Å². The lowest BCUT2D eigenvalue weighted by molar-refractivity contribution is -0.113. The Morgan fingerprint density at radius 1 is 1.19 bits per heavy atom. The number of nitrogens with zero attached hydrogens (tertiary/aromatic N) is 3. The molecule has 2 aromatic carbocycles. The predicted molar refractivity (Wildman–Crippen MR) is 110 cm³/mol. The summed E-state index contributed by atoms with van der Waals surface area (Å²) in [6.45, 7) is 1.92. The Morgan fingerprint density at radius 3 is 2.59 bits per heavy atom. The number of hydrogen-bond donors (Lipinski definition) is 1. The van der Waals surface area contributed by atoms with Gasteiger partial charge in [-0.1, -0.05) is 45.9 Å². The number of para-hydroxylation sites is 1. The number of hydrogen-bond acceptors (Lipinski definition) is 5. The summed E-state index contributed by atoms with van der Waals surface area (Å²) in [5.74, 6) is 1.63. The molecule has 0 aliphatic carbocycles. The molecule has 1 aromatic heterocycles. The number of carbonyl (C=O) groups is 1. The van der Waals surface area contributed by atoms with E-state index < -0.39 is 0 Å². The van der Waals surface area contributed by atoms with E-state index in [-0.39, 0.29) is 17.8 Å². The van der Waals surface area contributed by atoms with Crippen LogP contribution in [0.25, 0.3) is 0 Å². The van der Waals surface area contributed by atoms with Gasteiger partial charge in [-0.15, -0.1) is 10.2 Å². The van der Waals surface area contributed by atoms with Gasteiger partial charge in [0.25, 0.3) is 0 Å². The van der Waals surface area contributed by atoms with Gasteiger partial charge in [0.1, 0.15) is 5.75 Å². The van der Waals surface area contributed by atoms with Crippen LogP contribution >= 0.6 is 27.7 Å². The van der Waals surface area contributed by atoms with Crippen molar-refractivity contribution in [3.8, 4) is 5.75 Å². The molecule has 3 aromatic rings. The lowest BCUT2D eigenvalue weighted by Crippen LogP contribution is -2.14. The van der Waals surface area contributed by atoms with Crippen LogP contribution in [0.2, 0.25) is 0 Å². The van der Waals surface area contributed by atoms with Gasteiger partial charge in [-0.2, -0.15) is 0 Å². The molecule has 27 heavy (non-hydrogen) atoms. The van der Waals surface area contributed by atoms with E-state index in [4.69, 9.17) is 4.74 Å². The van der Waals surface area contributed by atoms with Crippen molar-refractivity contribution in [1.82, 2.24) is 14.8 Å². The van der Waals surface area contributed by atoms with Gasteiger partial charge >= 0.3 is 0 Å². The Morgan fingerprint density at radius 2 is 1.89 bits per heavy atom. The predicted octanol–water partition coefficient (Wildman–Crippen LogP) is 4.45. The largest absolute Gasteiger partial charge is 0.483 e. The molecule has 1 amide bonds. The Kier molecular flexibility index (Phi) is 6.52. The van der Waals surface area contributed by atoms with Gasteiger partial charge < -0.3 is 14.6 Å². The third-order valence-electron chi connectivity index (χ3n) is 3.75. The monoisotopic (exact) mass is 446 g/mol. The molecule has 0 aliphatic heterocycles. The Bertz CT molecular complexity index is 900. The van der Waals surface area contributed by atoms with Crippen molar-refractivity contribution in [3.63, 3.8) is 0 Å². The fourth-order valence-corrected chi connectivity index (χ4v) is 3.40. The summed E-state index contributed by atoms with van der Waals surface area (Å²) in [4.78, 5) is 12.1. The molecule has 0 spiro atoms. The molecule has 1 heterocycles. The van der Waals surface area contributed by atoms with E-state index in [1.54, 1.807) is 0 Å². The average Bonchev–Trinajstić information content (AvgIpc) is 3.03. The van der Waals surface area contributed by atoms with Gasteiger partial charge in [0.15, 0.2) is 17.1 Å². The number of halogens is 1. The maximum atomic E-state index is 12.1. The molecular weight excluding hydrogens is 428 g/mol. The molecule has 6 nitrogen and oxygen atoms in total. The van der Waals surface area contributed by atoms with Gasteiger partial charge in [-0.25, -0.2) is 0 Å². The maximum absolute atomic E-state index is 12.1. The minimum absolute atomic E-state index is 0.0968. The van der Waals surface area contributed by atoms with Gasteiger partial charge in [0, 0.05) is 17.2 Å². The molecule has 0 saturated carbocycles. The number of rotatable bonds is 7. The number of thioether (sulfide) groups is 1. The third kappa shape index (κ3) is 5.33. The van der Waals surface area contributed by atoms with Crippen LogP contribution in [-0.4, -0.2) is 26.4 Å². The second-order valence-corrected chi connectivity index (χ2v) is 7.67. The van der Waals surface area contributed by atoms with Crippen molar-refractivity contribution in [2.24, 2.45) is 7.05 Å². The molecule has 140 valence electrons. The van der Waals surface area contributed by atoms with Crippen molar-refractivity contribution < 1.29 is 9.53 Å². The molecule has 8 heteroatoms. The van der Waals surface area contributed by atoms with Crippen molar-refractivity contribution in [1.29, 1.82) is 0 Å². The quantitative estimate of drug-likeness (QED) is 0.542. The zero-order chi connectivity index (χ0) is 19.2. The fourth-order valence-electron chi connectivity index (χ4n) is 2.42. The van der Waals surface area contributed by atoms with Crippen LogP contribution in [-0.2, 0) is 11.8 Å². The Hall–Kier alpha value is -2.32. The van der Waals surface area contributed by atoms with E-state index in [1.807, 2.05) is 73.1 Å². The smallest absolute Gasteiger partial charge is 0.234 e. The normalized spacial score (nSPS) is 11.8. The lowest BCUT2D eigenvalue weighted by Gasteiger charge is -2.14. The highest BCUT2D eigenvalue weighted by Crippen LogP contribution is 2.23. The number of aromatic nitrogens is 3. The molecule has 0 saturated heterocycles. The number of carbonyl (C=O) groups excluding carboxylic acids is 1. The highest BCUT2D eigenvalue weighted by atomic mass is 79.9. The Labute approximate surface area is 170 Å². The minimum Gasteiger partial charge on any atom is -0.483 e. The standard InChI is InChI=1S/C19H19BrN4O2S/c1-13(26-16-6-4-3-5-7-16)18-22-23-19(24(18)2)27-12-17(25)21-15-10-8-14(20)9-11-15/h3-11,13H,12H2,1-2H3,(H,21,25)/t13-/m1/s1. The SMILES string of the molecule is C[C@@H](Oc1ccccc1)c1nnc(SCC(=O)Nc2ccc(Br)cc2)n1C. The first-order valence-corrected chi connectivity index (χ1v) is 10.1. The molecule has 3 rings (SSSR count). The zero-order valence-corrected chi connectivity index (χ0v) is 17.3. The van der Waals surface area contributed by atoms with E-state index in [2.05, 4.69) is 31.4 Å². The van der Waals surface area contributed by atoms with Gasteiger partial charge in [-0.3, -0.25) is 4.79 Å². The molecule has 0 bridgehead atoms. The summed E-state index contributed by atoms with van der Waals surface area (Å²) in [5, 5.41) is 11.9. The van der Waals surface area contributed by atoms with Crippen LogP contribution < -0.4 is 10.1 Å². The van der Waals surface area contributed by atoms with Crippen molar-refractivity contribution in [3.05, 3.63) is 64.9 Å². The second kappa shape index (κ2) is 9.05. The minimum atomic E-state index is -0.254. The summed E-state index contributed by atoms with van der Waals surface area (Å²) >= 11 is 4.71. The summed E-state index contributed by atoms with van der Waals surface area (Å²) in [5.41, 5.74) is 0.757. The second-order valence-electron chi connectivity index (χ2n) is 5.82.